The standard InChI is InChI=1S/C21H24N2O/c1-18-7-5-11-20(17-18)21(24)23-15-13-22(14-16-23)12-6-10-19-8-3-2-4-9-19/h2-11,17H,12-16H2,1H3. The molecule has 124 valence electrons. The number of carbonyl (C=O) groups is 1. The number of aryl methyl sites for hydroxylation is 1. The first-order valence-corrected chi connectivity index (χ1v) is 8.52. The molecule has 2 aromatic rings. The molecule has 0 N–H and O–H groups in total. The van der Waals surface area contributed by atoms with Gasteiger partial charge in [0, 0.05) is 38.3 Å². The first-order chi connectivity index (χ1) is 11.7. The Morgan fingerprint density at radius 3 is 2.46 bits per heavy atom. The molecule has 0 atom stereocenters. The van der Waals surface area contributed by atoms with Crippen LogP contribution in [0.3, 0.4) is 0 Å². The van der Waals surface area contributed by atoms with Crippen molar-refractivity contribution in [1.29, 1.82) is 0 Å². The van der Waals surface area contributed by atoms with Crippen LogP contribution in [-0.2, 0) is 0 Å². The maximum absolute atomic E-state index is 12.6. The summed E-state index contributed by atoms with van der Waals surface area (Å²) in [6.07, 6.45) is 4.36. The van der Waals surface area contributed by atoms with Crippen molar-refractivity contribution in [3.8, 4) is 0 Å². The van der Waals surface area contributed by atoms with Crippen molar-refractivity contribution in [1.82, 2.24) is 9.80 Å². The molecule has 1 saturated heterocycles. The van der Waals surface area contributed by atoms with Crippen LogP contribution in [0.25, 0.3) is 6.08 Å². The van der Waals surface area contributed by atoms with Crippen LogP contribution < -0.4 is 0 Å². The number of hydrogen-bond acceptors (Lipinski definition) is 2. The molecule has 0 aliphatic carbocycles. The summed E-state index contributed by atoms with van der Waals surface area (Å²) in [5.41, 5.74) is 3.16. The Bertz CT molecular complexity index is 701. The normalized spacial score (nSPS) is 15.8. The molecule has 0 radical (unpaired) electrons. The Morgan fingerprint density at radius 2 is 1.75 bits per heavy atom. The minimum atomic E-state index is 0.151. The van der Waals surface area contributed by atoms with Gasteiger partial charge >= 0.3 is 0 Å². The summed E-state index contributed by atoms with van der Waals surface area (Å²) in [5.74, 6) is 0.151. The number of amides is 1. The summed E-state index contributed by atoms with van der Waals surface area (Å²) in [6, 6.07) is 18.2. The lowest BCUT2D eigenvalue weighted by Crippen LogP contribution is -2.48. The average molecular weight is 320 g/mol. The highest BCUT2D eigenvalue weighted by molar-refractivity contribution is 5.94. The molecule has 2 aromatic carbocycles. The van der Waals surface area contributed by atoms with E-state index < -0.39 is 0 Å². The third-order valence-corrected chi connectivity index (χ3v) is 4.40. The molecule has 1 aliphatic rings. The number of carbonyl (C=O) groups excluding carboxylic acids is 1. The molecule has 1 fully saturated rings. The highest BCUT2D eigenvalue weighted by Gasteiger charge is 2.21. The minimum Gasteiger partial charge on any atom is -0.336 e. The molecule has 3 rings (SSSR count). The number of benzene rings is 2. The van der Waals surface area contributed by atoms with Gasteiger partial charge in [-0.1, -0.05) is 60.2 Å². The lowest BCUT2D eigenvalue weighted by molar-refractivity contribution is 0.0650. The maximum atomic E-state index is 12.6. The fourth-order valence-corrected chi connectivity index (χ4v) is 3.00. The Balaban J connectivity index is 1.49. The molecule has 0 bridgehead atoms. The van der Waals surface area contributed by atoms with Crippen LogP contribution in [0, 0.1) is 6.92 Å². The van der Waals surface area contributed by atoms with Crippen molar-refractivity contribution < 1.29 is 4.79 Å². The van der Waals surface area contributed by atoms with Gasteiger partial charge in [-0.2, -0.15) is 0 Å². The van der Waals surface area contributed by atoms with E-state index in [0.717, 1.165) is 43.9 Å². The number of nitrogens with zero attached hydrogens (tertiary/aromatic N) is 2. The Labute approximate surface area is 144 Å². The van der Waals surface area contributed by atoms with Gasteiger partial charge in [-0.05, 0) is 24.6 Å². The molecule has 0 saturated carbocycles. The molecule has 1 amide bonds. The molecule has 3 heteroatoms. The smallest absolute Gasteiger partial charge is 0.253 e. The number of piperazine rings is 1. The summed E-state index contributed by atoms with van der Waals surface area (Å²) >= 11 is 0. The summed E-state index contributed by atoms with van der Waals surface area (Å²) in [6.45, 7) is 6.40. The SMILES string of the molecule is Cc1cccc(C(=O)N2CCN(CC=Cc3ccccc3)CC2)c1. The van der Waals surface area contributed by atoms with Crippen LogP contribution in [0.5, 0.6) is 0 Å². The summed E-state index contributed by atoms with van der Waals surface area (Å²) in [4.78, 5) is 16.9. The Morgan fingerprint density at radius 1 is 1.00 bits per heavy atom. The quantitative estimate of drug-likeness (QED) is 0.861. The highest BCUT2D eigenvalue weighted by Crippen LogP contribution is 2.11. The van der Waals surface area contributed by atoms with Gasteiger partial charge < -0.3 is 4.90 Å². The van der Waals surface area contributed by atoms with Gasteiger partial charge in [0.2, 0.25) is 0 Å². The van der Waals surface area contributed by atoms with Crippen molar-refractivity contribution in [3.63, 3.8) is 0 Å². The molecule has 0 spiro atoms. The predicted octanol–water partition coefficient (Wildman–Crippen LogP) is 3.47. The molecule has 3 nitrogen and oxygen atoms in total. The van der Waals surface area contributed by atoms with Gasteiger partial charge in [0.1, 0.15) is 0 Å². The van der Waals surface area contributed by atoms with E-state index in [2.05, 4.69) is 41.3 Å². The van der Waals surface area contributed by atoms with Crippen molar-refractivity contribution in [3.05, 3.63) is 77.4 Å². The van der Waals surface area contributed by atoms with Gasteiger partial charge in [-0.25, -0.2) is 0 Å². The zero-order valence-electron chi connectivity index (χ0n) is 14.2. The lowest BCUT2D eigenvalue weighted by Gasteiger charge is -2.34. The fraction of sp³-hybridized carbons (Fsp3) is 0.286. The monoisotopic (exact) mass is 320 g/mol. The second-order valence-electron chi connectivity index (χ2n) is 6.28. The van der Waals surface area contributed by atoms with E-state index in [0.29, 0.717) is 0 Å². The Hall–Kier alpha value is -2.39. The lowest BCUT2D eigenvalue weighted by atomic mass is 10.1. The Kier molecular flexibility index (Phi) is 5.44. The molecule has 24 heavy (non-hydrogen) atoms. The van der Waals surface area contributed by atoms with E-state index in [1.807, 2.05) is 42.2 Å². The van der Waals surface area contributed by atoms with Crippen LogP contribution in [0.2, 0.25) is 0 Å². The molecular weight excluding hydrogens is 296 g/mol. The van der Waals surface area contributed by atoms with E-state index in [1.165, 1.54) is 5.56 Å². The number of rotatable bonds is 4. The van der Waals surface area contributed by atoms with Gasteiger partial charge in [0.25, 0.3) is 5.91 Å². The topological polar surface area (TPSA) is 23.6 Å². The largest absolute Gasteiger partial charge is 0.336 e. The van der Waals surface area contributed by atoms with Crippen molar-refractivity contribution in [2.45, 2.75) is 6.92 Å². The molecular formula is C21H24N2O. The summed E-state index contributed by atoms with van der Waals surface area (Å²) in [7, 11) is 0. The third-order valence-electron chi connectivity index (χ3n) is 4.40. The summed E-state index contributed by atoms with van der Waals surface area (Å²) < 4.78 is 0. The zero-order valence-corrected chi connectivity index (χ0v) is 14.2. The fourth-order valence-electron chi connectivity index (χ4n) is 3.00. The average Bonchev–Trinajstić information content (AvgIpc) is 2.63. The number of hydrogen-bond donors (Lipinski definition) is 0. The van der Waals surface area contributed by atoms with Crippen molar-refractivity contribution >= 4 is 12.0 Å². The van der Waals surface area contributed by atoms with Gasteiger partial charge in [-0.15, -0.1) is 0 Å². The van der Waals surface area contributed by atoms with Crippen LogP contribution in [0.1, 0.15) is 21.5 Å². The first kappa shape index (κ1) is 16.5. The highest BCUT2D eigenvalue weighted by atomic mass is 16.2. The van der Waals surface area contributed by atoms with E-state index in [1.54, 1.807) is 0 Å². The van der Waals surface area contributed by atoms with Crippen LogP contribution >= 0.6 is 0 Å². The first-order valence-electron chi connectivity index (χ1n) is 8.52. The second-order valence-corrected chi connectivity index (χ2v) is 6.28. The minimum absolute atomic E-state index is 0.151. The third kappa shape index (κ3) is 4.33. The van der Waals surface area contributed by atoms with Crippen LogP contribution in [-0.4, -0.2) is 48.4 Å². The predicted molar refractivity (Wildman–Crippen MR) is 99.0 cm³/mol. The zero-order chi connectivity index (χ0) is 16.8. The van der Waals surface area contributed by atoms with E-state index >= 15 is 0 Å². The molecule has 0 aromatic heterocycles. The molecule has 1 aliphatic heterocycles. The van der Waals surface area contributed by atoms with E-state index in [9.17, 15) is 4.79 Å². The second kappa shape index (κ2) is 7.93. The summed E-state index contributed by atoms with van der Waals surface area (Å²) in [5, 5.41) is 0. The molecule has 0 unspecified atom stereocenters. The van der Waals surface area contributed by atoms with E-state index in [4.69, 9.17) is 0 Å². The van der Waals surface area contributed by atoms with Crippen molar-refractivity contribution in [2.24, 2.45) is 0 Å². The van der Waals surface area contributed by atoms with Crippen LogP contribution in [0.15, 0.2) is 60.7 Å². The van der Waals surface area contributed by atoms with Gasteiger partial charge in [-0.3, -0.25) is 9.69 Å². The van der Waals surface area contributed by atoms with Gasteiger partial charge in [0.15, 0.2) is 0 Å². The maximum Gasteiger partial charge on any atom is 0.253 e. The van der Waals surface area contributed by atoms with Gasteiger partial charge in [0.05, 0.1) is 0 Å². The molecule has 1 heterocycles. The van der Waals surface area contributed by atoms with E-state index in [-0.39, 0.29) is 5.91 Å². The van der Waals surface area contributed by atoms with Crippen molar-refractivity contribution in [2.75, 3.05) is 32.7 Å². The van der Waals surface area contributed by atoms with Crippen LogP contribution in [0.4, 0.5) is 0 Å².